The van der Waals surface area contributed by atoms with E-state index < -0.39 is 0 Å². The van der Waals surface area contributed by atoms with Gasteiger partial charge in [-0.1, -0.05) is 31.2 Å². The Balaban J connectivity index is 2.15. The molecule has 0 aliphatic rings. The van der Waals surface area contributed by atoms with Gasteiger partial charge in [0.05, 0.1) is 4.47 Å². The maximum Gasteiger partial charge on any atom is 0.141 e. The minimum absolute atomic E-state index is 0.233. The van der Waals surface area contributed by atoms with Crippen LogP contribution >= 0.6 is 15.9 Å². The summed E-state index contributed by atoms with van der Waals surface area (Å²) in [6, 6.07) is 11.0. The molecular formula is C16H19BrN2. The average Bonchev–Trinajstić information content (AvgIpc) is 2.44. The number of hydrogen-bond acceptors (Lipinski definition) is 2. The highest BCUT2D eigenvalue weighted by molar-refractivity contribution is 9.10. The van der Waals surface area contributed by atoms with Crippen molar-refractivity contribution in [1.82, 2.24) is 4.98 Å². The second kappa shape index (κ2) is 6.20. The zero-order valence-electron chi connectivity index (χ0n) is 11.6. The second-order valence-corrected chi connectivity index (χ2v) is 5.54. The molecule has 0 saturated heterocycles. The van der Waals surface area contributed by atoms with E-state index in [4.69, 9.17) is 0 Å². The van der Waals surface area contributed by atoms with Crippen LogP contribution < -0.4 is 5.32 Å². The predicted octanol–water partition coefficient (Wildman–Crippen LogP) is 4.89. The van der Waals surface area contributed by atoms with Crippen LogP contribution in [0.4, 0.5) is 5.82 Å². The Labute approximate surface area is 123 Å². The van der Waals surface area contributed by atoms with Crippen LogP contribution in [0, 0.1) is 6.92 Å². The smallest absolute Gasteiger partial charge is 0.141 e. The Bertz CT molecular complexity index is 549. The number of benzene rings is 1. The van der Waals surface area contributed by atoms with E-state index in [1.165, 1.54) is 16.7 Å². The van der Waals surface area contributed by atoms with E-state index in [2.05, 4.69) is 71.3 Å². The third-order valence-corrected chi connectivity index (χ3v) is 4.32. The van der Waals surface area contributed by atoms with Gasteiger partial charge in [-0.15, -0.1) is 0 Å². The monoisotopic (exact) mass is 318 g/mol. The molecule has 1 unspecified atom stereocenters. The molecule has 100 valence electrons. The summed E-state index contributed by atoms with van der Waals surface area (Å²) < 4.78 is 1.03. The maximum atomic E-state index is 4.38. The average molecular weight is 319 g/mol. The van der Waals surface area contributed by atoms with E-state index in [9.17, 15) is 0 Å². The quantitative estimate of drug-likeness (QED) is 0.868. The highest BCUT2D eigenvalue weighted by Crippen LogP contribution is 2.27. The SMILES string of the molecule is CCc1ccc(C(C)Nc2nccc(C)c2Br)cc1. The van der Waals surface area contributed by atoms with Crippen LogP contribution in [0.5, 0.6) is 0 Å². The van der Waals surface area contributed by atoms with E-state index in [1.807, 2.05) is 12.3 Å². The molecule has 2 aromatic rings. The number of aryl methyl sites for hydroxylation is 2. The summed E-state index contributed by atoms with van der Waals surface area (Å²) in [6.07, 6.45) is 2.91. The van der Waals surface area contributed by atoms with Crippen LogP contribution in [0.2, 0.25) is 0 Å². The number of halogens is 1. The Kier molecular flexibility index (Phi) is 4.59. The molecule has 1 aromatic carbocycles. The van der Waals surface area contributed by atoms with Gasteiger partial charge in [0.15, 0.2) is 0 Å². The molecule has 2 rings (SSSR count). The molecule has 0 amide bonds. The minimum atomic E-state index is 0.233. The summed E-state index contributed by atoms with van der Waals surface area (Å²) >= 11 is 3.58. The molecule has 0 radical (unpaired) electrons. The number of pyridine rings is 1. The second-order valence-electron chi connectivity index (χ2n) is 4.75. The topological polar surface area (TPSA) is 24.9 Å². The van der Waals surface area contributed by atoms with Gasteiger partial charge >= 0.3 is 0 Å². The first-order valence-electron chi connectivity index (χ1n) is 6.58. The summed E-state index contributed by atoms with van der Waals surface area (Å²) in [5.41, 5.74) is 3.82. The Morgan fingerprint density at radius 1 is 1.21 bits per heavy atom. The molecule has 1 aromatic heterocycles. The first kappa shape index (κ1) is 14.1. The van der Waals surface area contributed by atoms with Crippen LogP contribution in [0.25, 0.3) is 0 Å². The summed E-state index contributed by atoms with van der Waals surface area (Å²) in [5, 5.41) is 3.45. The first-order valence-corrected chi connectivity index (χ1v) is 7.37. The number of anilines is 1. The summed E-state index contributed by atoms with van der Waals surface area (Å²) in [6.45, 7) is 6.39. The molecule has 0 saturated carbocycles. The molecule has 1 atom stereocenters. The molecular weight excluding hydrogens is 300 g/mol. The third-order valence-electron chi connectivity index (χ3n) is 3.32. The summed E-state index contributed by atoms with van der Waals surface area (Å²) in [5.74, 6) is 0.895. The molecule has 1 N–H and O–H groups in total. The van der Waals surface area contributed by atoms with E-state index in [0.29, 0.717) is 0 Å². The fraction of sp³-hybridized carbons (Fsp3) is 0.312. The van der Waals surface area contributed by atoms with Gasteiger partial charge in [-0.3, -0.25) is 0 Å². The fourth-order valence-electron chi connectivity index (χ4n) is 1.97. The molecule has 0 aliphatic heterocycles. The zero-order valence-corrected chi connectivity index (χ0v) is 13.2. The zero-order chi connectivity index (χ0) is 13.8. The Hall–Kier alpha value is -1.35. The highest BCUT2D eigenvalue weighted by atomic mass is 79.9. The van der Waals surface area contributed by atoms with Crippen LogP contribution in [-0.4, -0.2) is 4.98 Å². The van der Waals surface area contributed by atoms with Crippen molar-refractivity contribution in [1.29, 1.82) is 0 Å². The van der Waals surface area contributed by atoms with Crippen molar-refractivity contribution in [2.24, 2.45) is 0 Å². The highest BCUT2D eigenvalue weighted by Gasteiger charge is 2.09. The summed E-state index contributed by atoms with van der Waals surface area (Å²) in [4.78, 5) is 4.38. The van der Waals surface area contributed by atoms with Crippen molar-refractivity contribution in [3.05, 3.63) is 57.7 Å². The number of nitrogens with one attached hydrogen (secondary N) is 1. The van der Waals surface area contributed by atoms with Gasteiger partial charge < -0.3 is 5.32 Å². The number of nitrogens with zero attached hydrogens (tertiary/aromatic N) is 1. The molecule has 0 fully saturated rings. The molecule has 1 heterocycles. The lowest BCUT2D eigenvalue weighted by molar-refractivity contribution is 0.870. The van der Waals surface area contributed by atoms with Gasteiger partial charge in [-0.25, -0.2) is 4.98 Å². The molecule has 2 nitrogen and oxygen atoms in total. The lowest BCUT2D eigenvalue weighted by atomic mass is 10.1. The van der Waals surface area contributed by atoms with E-state index in [1.54, 1.807) is 0 Å². The van der Waals surface area contributed by atoms with Crippen molar-refractivity contribution in [2.75, 3.05) is 5.32 Å². The van der Waals surface area contributed by atoms with Crippen molar-refractivity contribution in [2.45, 2.75) is 33.2 Å². The van der Waals surface area contributed by atoms with Crippen molar-refractivity contribution in [3.8, 4) is 0 Å². The van der Waals surface area contributed by atoms with Crippen LogP contribution in [0.15, 0.2) is 41.0 Å². The minimum Gasteiger partial charge on any atom is -0.363 e. The number of rotatable bonds is 4. The molecule has 3 heteroatoms. The Morgan fingerprint density at radius 2 is 1.89 bits per heavy atom. The van der Waals surface area contributed by atoms with Gasteiger partial charge in [0.25, 0.3) is 0 Å². The van der Waals surface area contributed by atoms with E-state index in [-0.39, 0.29) is 6.04 Å². The van der Waals surface area contributed by atoms with Gasteiger partial charge in [-0.05, 0) is 59.0 Å². The largest absolute Gasteiger partial charge is 0.363 e. The van der Waals surface area contributed by atoms with Gasteiger partial charge in [0.1, 0.15) is 5.82 Å². The van der Waals surface area contributed by atoms with Gasteiger partial charge in [-0.2, -0.15) is 0 Å². The lowest BCUT2D eigenvalue weighted by Crippen LogP contribution is -2.08. The summed E-state index contributed by atoms with van der Waals surface area (Å²) in [7, 11) is 0. The molecule has 0 bridgehead atoms. The van der Waals surface area contributed by atoms with Crippen molar-refractivity contribution in [3.63, 3.8) is 0 Å². The normalized spacial score (nSPS) is 12.2. The van der Waals surface area contributed by atoms with E-state index in [0.717, 1.165) is 16.7 Å². The standard InChI is InChI=1S/C16H19BrN2/c1-4-13-5-7-14(8-6-13)12(3)19-16-15(17)11(2)9-10-18-16/h5-10,12H,4H2,1-3H3,(H,18,19). The predicted molar refractivity (Wildman–Crippen MR) is 84.5 cm³/mol. The van der Waals surface area contributed by atoms with Crippen molar-refractivity contribution < 1.29 is 0 Å². The Morgan fingerprint density at radius 3 is 2.53 bits per heavy atom. The van der Waals surface area contributed by atoms with Gasteiger partial charge in [0, 0.05) is 12.2 Å². The maximum absolute atomic E-state index is 4.38. The number of hydrogen-bond donors (Lipinski definition) is 1. The fourth-order valence-corrected chi connectivity index (χ4v) is 2.32. The van der Waals surface area contributed by atoms with Crippen molar-refractivity contribution >= 4 is 21.7 Å². The first-order chi connectivity index (χ1) is 9.11. The van der Waals surface area contributed by atoms with Crippen LogP contribution in [0.3, 0.4) is 0 Å². The van der Waals surface area contributed by atoms with Crippen LogP contribution in [-0.2, 0) is 6.42 Å². The molecule has 0 spiro atoms. The molecule has 19 heavy (non-hydrogen) atoms. The van der Waals surface area contributed by atoms with E-state index >= 15 is 0 Å². The lowest BCUT2D eigenvalue weighted by Gasteiger charge is -2.17. The molecule has 0 aliphatic carbocycles. The third kappa shape index (κ3) is 3.35. The number of aromatic nitrogens is 1. The van der Waals surface area contributed by atoms with Crippen LogP contribution in [0.1, 0.15) is 36.6 Å². The van der Waals surface area contributed by atoms with Gasteiger partial charge in [0.2, 0.25) is 0 Å².